The summed E-state index contributed by atoms with van der Waals surface area (Å²) < 4.78 is 6.12. The monoisotopic (exact) mass is 354 g/mol. The Hall–Kier alpha value is -1.07. The quantitative estimate of drug-likeness (QED) is 0.632. The van der Waals surface area contributed by atoms with Crippen molar-refractivity contribution in [1.29, 1.82) is 0 Å². The molecule has 0 aliphatic carbocycles. The van der Waals surface area contributed by atoms with E-state index in [1.807, 2.05) is 42.5 Å². The number of rotatable bonds is 5. The predicted molar refractivity (Wildman–Crippen MR) is 85.9 cm³/mol. The summed E-state index contributed by atoms with van der Waals surface area (Å²) >= 11 is 9.65. The van der Waals surface area contributed by atoms with Crippen molar-refractivity contribution in [2.24, 2.45) is 5.84 Å². The Kier molecular flexibility index (Phi) is 5.43. The highest BCUT2D eigenvalue weighted by Crippen LogP contribution is 2.26. The third kappa shape index (κ3) is 3.73. The van der Waals surface area contributed by atoms with Gasteiger partial charge in [0.05, 0.1) is 13.2 Å². The van der Waals surface area contributed by atoms with Gasteiger partial charge in [-0.2, -0.15) is 0 Å². The number of nitrogens with two attached hydrogens (primary N) is 1. The van der Waals surface area contributed by atoms with Crippen molar-refractivity contribution in [2.45, 2.75) is 12.5 Å². The van der Waals surface area contributed by atoms with E-state index in [2.05, 4.69) is 21.4 Å². The maximum absolute atomic E-state index is 6.25. The van der Waals surface area contributed by atoms with Crippen LogP contribution >= 0.6 is 27.5 Å². The molecule has 2 aromatic carbocycles. The number of ether oxygens (including phenoxy) is 1. The van der Waals surface area contributed by atoms with Crippen molar-refractivity contribution in [3.05, 3.63) is 63.1 Å². The van der Waals surface area contributed by atoms with Crippen LogP contribution in [0.5, 0.6) is 5.75 Å². The first-order chi connectivity index (χ1) is 9.63. The van der Waals surface area contributed by atoms with Crippen LogP contribution in [0.15, 0.2) is 46.9 Å². The first-order valence-electron chi connectivity index (χ1n) is 6.18. The first kappa shape index (κ1) is 15.3. The third-order valence-corrected chi connectivity index (χ3v) is 4.00. The van der Waals surface area contributed by atoms with Crippen molar-refractivity contribution in [3.8, 4) is 5.75 Å². The average Bonchev–Trinajstić information content (AvgIpc) is 2.47. The molecule has 0 heterocycles. The summed E-state index contributed by atoms with van der Waals surface area (Å²) in [6.07, 6.45) is 0.717. The Morgan fingerprint density at radius 3 is 2.50 bits per heavy atom. The molecule has 3 nitrogen and oxygen atoms in total. The molecule has 0 fully saturated rings. The molecule has 0 saturated heterocycles. The van der Waals surface area contributed by atoms with Crippen molar-refractivity contribution in [3.63, 3.8) is 0 Å². The van der Waals surface area contributed by atoms with Crippen LogP contribution < -0.4 is 16.0 Å². The zero-order valence-corrected chi connectivity index (χ0v) is 13.4. The van der Waals surface area contributed by atoms with E-state index in [4.69, 9.17) is 22.2 Å². The summed E-state index contributed by atoms with van der Waals surface area (Å²) in [7, 11) is 1.65. The summed E-state index contributed by atoms with van der Waals surface area (Å²) in [4.78, 5) is 0. The Morgan fingerprint density at radius 2 is 1.95 bits per heavy atom. The zero-order valence-electron chi connectivity index (χ0n) is 11.1. The second-order valence-electron chi connectivity index (χ2n) is 4.43. The SMILES string of the molecule is COc1ccc(C(Cc2ccc(Br)cc2Cl)NN)cc1. The molecule has 1 atom stereocenters. The van der Waals surface area contributed by atoms with Gasteiger partial charge in [0.2, 0.25) is 0 Å². The molecule has 0 spiro atoms. The lowest BCUT2D eigenvalue weighted by molar-refractivity contribution is 0.414. The summed E-state index contributed by atoms with van der Waals surface area (Å²) in [6, 6.07) is 13.7. The fraction of sp³-hybridized carbons (Fsp3) is 0.200. The van der Waals surface area contributed by atoms with Crippen LogP contribution in [0.2, 0.25) is 5.02 Å². The second kappa shape index (κ2) is 7.09. The van der Waals surface area contributed by atoms with Crippen molar-refractivity contribution >= 4 is 27.5 Å². The van der Waals surface area contributed by atoms with Crippen LogP contribution in [-0.4, -0.2) is 7.11 Å². The van der Waals surface area contributed by atoms with Crippen LogP contribution in [0.25, 0.3) is 0 Å². The standard InChI is InChI=1S/C15H16BrClN2O/c1-20-13-6-3-10(4-7-13)15(19-18)8-11-2-5-12(16)9-14(11)17/h2-7,9,15,19H,8,18H2,1H3. The molecular weight excluding hydrogens is 340 g/mol. The van der Waals surface area contributed by atoms with Gasteiger partial charge in [-0.05, 0) is 41.8 Å². The number of halogens is 2. The fourth-order valence-electron chi connectivity index (χ4n) is 2.02. The van der Waals surface area contributed by atoms with Gasteiger partial charge in [-0.25, -0.2) is 0 Å². The minimum absolute atomic E-state index is 0.000387. The Morgan fingerprint density at radius 1 is 1.25 bits per heavy atom. The van der Waals surface area contributed by atoms with Gasteiger partial charge in [0.1, 0.15) is 5.75 Å². The molecule has 2 aromatic rings. The maximum atomic E-state index is 6.25. The molecule has 106 valence electrons. The summed E-state index contributed by atoms with van der Waals surface area (Å²) in [5, 5.41) is 0.730. The number of benzene rings is 2. The molecule has 0 aliphatic heterocycles. The molecule has 0 aromatic heterocycles. The highest BCUT2D eigenvalue weighted by atomic mass is 79.9. The van der Waals surface area contributed by atoms with Crippen molar-refractivity contribution in [2.75, 3.05) is 7.11 Å². The van der Waals surface area contributed by atoms with Gasteiger partial charge in [0.25, 0.3) is 0 Å². The van der Waals surface area contributed by atoms with Gasteiger partial charge < -0.3 is 4.74 Å². The molecular formula is C15H16BrClN2O. The number of methoxy groups -OCH3 is 1. The topological polar surface area (TPSA) is 47.3 Å². The highest BCUT2D eigenvalue weighted by molar-refractivity contribution is 9.10. The number of hydrazine groups is 1. The molecule has 3 N–H and O–H groups in total. The van der Waals surface area contributed by atoms with Crippen LogP contribution in [0.1, 0.15) is 17.2 Å². The fourth-order valence-corrected chi connectivity index (χ4v) is 2.77. The van der Waals surface area contributed by atoms with Gasteiger partial charge >= 0.3 is 0 Å². The van der Waals surface area contributed by atoms with Gasteiger partial charge in [0.15, 0.2) is 0 Å². The summed E-state index contributed by atoms with van der Waals surface area (Å²) in [6.45, 7) is 0. The van der Waals surface area contributed by atoms with Crippen molar-refractivity contribution < 1.29 is 4.74 Å². The molecule has 0 saturated carbocycles. The molecule has 0 aliphatic rings. The summed E-state index contributed by atoms with van der Waals surface area (Å²) in [5.41, 5.74) is 4.97. The molecule has 20 heavy (non-hydrogen) atoms. The molecule has 2 rings (SSSR count). The zero-order chi connectivity index (χ0) is 14.5. The average molecular weight is 356 g/mol. The van der Waals surface area contributed by atoms with E-state index in [0.717, 1.165) is 32.8 Å². The lowest BCUT2D eigenvalue weighted by Gasteiger charge is -2.17. The molecule has 0 amide bonds. The Balaban J connectivity index is 2.19. The van der Waals surface area contributed by atoms with E-state index in [1.54, 1.807) is 7.11 Å². The smallest absolute Gasteiger partial charge is 0.118 e. The minimum atomic E-state index is -0.000387. The largest absolute Gasteiger partial charge is 0.497 e. The Bertz CT molecular complexity index is 575. The molecule has 1 unspecified atom stereocenters. The van der Waals surface area contributed by atoms with E-state index >= 15 is 0 Å². The lowest BCUT2D eigenvalue weighted by Crippen LogP contribution is -2.29. The van der Waals surface area contributed by atoms with Crippen LogP contribution in [0, 0.1) is 0 Å². The van der Waals surface area contributed by atoms with Gasteiger partial charge in [0, 0.05) is 9.50 Å². The Labute approximate surface area is 132 Å². The van der Waals surface area contributed by atoms with E-state index in [1.165, 1.54) is 0 Å². The van der Waals surface area contributed by atoms with Crippen LogP contribution in [0.3, 0.4) is 0 Å². The normalized spacial score (nSPS) is 12.2. The predicted octanol–water partition coefficient (Wildman–Crippen LogP) is 3.86. The first-order valence-corrected chi connectivity index (χ1v) is 7.35. The van der Waals surface area contributed by atoms with E-state index in [9.17, 15) is 0 Å². The van der Waals surface area contributed by atoms with E-state index in [0.29, 0.717) is 0 Å². The van der Waals surface area contributed by atoms with E-state index in [-0.39, 0.29) is 6.04 Å². The van der Waals surface area contributed by atoms with E-state index < -0.39 is 0 Å². The lowest BCUT2D eigenvalue weighted by atomic mass is 9.99. The number of nitrogens with one attached hydrogen (secondary N) is 1. The van der Waals surface area contributed by atoms with Crippen LogP contribution in [0.4, 0.5) is 0 Å². The van der Waals surface area contributed by atoms with Crippen LogP contribution in [-0.2, 0) is 6.42 Å². The second-order valence-corrected chi connectivity index (χ2v) is 5.76. The molecule has 5 heteroatoms. The maximum Gasteiger partial charge on any atom is 0.118 e. The molecule has 0 radical (unpaired) electrons. The minimum Gasteiger partial charge on any atom is -0.497 e. The van der Waals surface area contributed by atoms with Gasteiger partial charge in [-0.1, -0.05) is 45.7 Å². The van der Waals surface area contributed by atoms with Gasteiger partial charge in [-0.15, -0.1) is 0 Å². The molecule has 0 bridgehead atoms. The summed E-state index contributed by atoms with van der Waals surface area (Å²) in [5.74, 6) is 6.49. The van der Waals surface area contributed by atoms with Crippen molar-refractivity contribution in [1.82, 2.24) is 5.43 Å². The van der Waals surface area contributed by atoms with Gasteiger partial charge in [-0.3, -0.25) is 11.3 Å². The third-order valence-electron chi connectivity index (χ3n) is 3.16. The highest BCUT2D eigenvalue weighted by Gasteiger charge is 2.13. The number of hydrogen-bond donors (Lipinski definition) is 2. The number of hydrogen-bond acceptors (Lipinski definition) is 3.